The quantitative estimate of drug-likeness (QED) is 0.646. The second-order valence-electron chi connectivity index (χ2n) is 8.95. The topological polar surface area (TPSA) is 64.1 Å². The van der Waals surface area contributed by atoms with Crippen molar-refractivity contribution in [2.45, 2.75) is 51.6 Å². The molecule has 0 radical (unpaired) electrons. The Kier molecular flexibility index (Phi) is 9.16. The van der Waals surface area contributed by atoms with Crippen LogP contribution in [-0.2, 0) is 22.5 Å². The van der Waals surface area contributed by atoms with Gasteiger partial charge in [-0.05, 0) is 62.9 Å². The highest BCUT2D eigenvalue weighted by Gasteiger charge is 2.29. The normalized spacial score (nSPS) is 19.7. The van der Waals surface area contributed by atoms with Crippen LogP contribution < -0.4 is 9.47 Å². The maximum Gasteiger partial charge on any atom is 0.222 e. The van der Waals surface area contributed by atoms with Crippen molar-refractivity contribution < 1.29 is 19.0 Å². The molecular formula is C27H37N3O4. The predicted molar refractivity (Wildman–Crippen MR) is 131 cm³/mol. The summed E-state index contributed by atoms with van der Waals surface area (Å²) in [6, 6.07) is 10.5. The second-order valence-corrected chi connectivity index (χ2v) is 8.95. The molecule has 0 bridgehead atoms. The molecule has 3 heterocycles. The lowest BCUT2D eigenvalue weighted by atomic mass is 10.1. The Hall–Kier alpha value is -2.64. The van der Waals surface area contributed by atoms with Gasteiger partial charge >= 0.3 is 0 Å². The number of carbonyl (C=O) groups excluding carboxylic acids is 1. The molecule has 2 aliphatic heterocycles. The highest BCUT2D eigenvalue weighted by molar-refractivity contribution is 5.76. The third kappa shape index (κ3) is 6.70. The fraction of sp³-hybridized carbons (Fsp3) is 0.556. The van der Waals surface area contributed by atoms with E-state index >= 15 is 0 Å². The van der Waals surface area contributed by atoms with Crippen LogP contribution in [0, 0.1) is 0 Å². The molecule has 0 saturated carbocycles. The first kappa shape index (κ1) is 24.5. The molecule has 1 aromatic heterocycles. The maximum atomic E-state index is 13.2. The van der Waals surface area contributed by atoms with Crippen molar-refractivity contribution in [3.05, 3.63) is 53.9 Å². The fourth-order valence-corrected chi connectivity index (χ4v) is 4.85. The first-order valence-corrected chi connectivity index (χ1v) is 12.6. The van der Waals surface area contributed by atoms with Crippen LogP contribution in [0.1, 0.15) is 43.7 Å². The van der Waals surface area contributed by atoms with E-state index in [0.717, 1.165) is 62.4 Å². The largest absolute Gasteiger partial charge is 0.490 e. The van der Waals surface area contributed by atoms with Gasteiger partial charge in [0.15, 0.2) is 11.5 Å². The number of carbonyl (C=O) groups is 1. The summed E-state index contributed by atoms with van der Waals surface area (Å²) < 4.78 is 17.8. The van der Waals surface area contributed by atoms with Crippen molar-refractivity contribution in [2.24, 2.45) is 0 Å². The van der Waals surface area contributed by atoms with Crippen molar-refractivity contribution in [1.29, 1.82) is 0 Å². The van der Waals surface area contributed by atoms with E-state index in [4.69, 9.17) is 14.2 Å². The van der Waals surface area contributed by atoms with Crippen LogP contribution in [0.2, 0.25) is 0 Å². The number of aryl methyl sites for hydroxylation is 1. The summed E-state index contributed by atoms with van der Waals surface area (Å²) >= 11 is 0. The third-order valence-electron chi connectivity index (χ3n) is 6.60. The van der Waals surface area contributed by atoms with Crippen LogP contribution in [0.25, 0.3) is 0 Å². The first-order valence-electron chi connectivity index (χ1n) is 12.6. The number of aromatic nitrogens is 1. The Morgan fingerprint density at radius 3 is 2.88 bits per heavy atom. The van der Waals surface area contributed by atoms with Gasteiger partial charge in [0.05, 0.1) is 19.8 Å². The van der Waals surface area contributed by atoms with Crippen LogP contribution >= 0.6 is 0 Å². The van der Waals surface area contributed by atoms with Gasteiger partial charge in [0.2, 0.25) is 5.91 Å². The molecule has 1 fully saturated rings. The van der Waals surface area contributed by atoms with Crippen molar-refractivity contribution >= 4 is 5.91 Å². The number of rotatable bonds is 6. The minimum atomic E-state index is 0.217. The smallest absolute Gasteiger partial charge is 0.222 e. The molecule has 1 atom stereocenters. The minimum Gasteiger partial charge on any atom is -0.490 e. The van der Waals surface area contributed by atoms with Gasteiger partial charge in [0.1, 0.15) is 6.61 Å². The van der Waals surface area contributed by atoms with Crippen LogP contribution in [0.5, 0.6) is 11.5 Å². The Morgan fingerprint density at radius 2 is 2.03 bits per heavy atom. The number of hydrogen-bond acceptors (Lipinski definition) is 6. The molecular weight excluding hydrogens is 430 g/mol. The molecule has 2 aliphatic rings. The highest BCUT2D eigenvalue weighted by atomic mass is 16.5. The van der Waals surface area contributed by atoms with Crippen LogP contribution in [0.15, 0.2) is 42.7 Å². The lowest BCUT2D eigenvalue weighted by molar-refractivity contribution is -0.132. The second kappa shape index (κ2) is 12.7. The Morgan fingerprint density at radius 1 is 1.15 bits per heavy atom. The minimum absolute atomic E-state index is 0.217. The van der Waals surface area contributed by atoms with Crippen molar-refractivity contribution in [3.8, 4) is 11.5 Å². The maximum absolute atomic E-state index is 13.2. The molecule has 1 saturated heterocycles. The summed E-state index contributed by atoms with van der Waals surface area (Å²) in [5.41, 5.74) is 2.36. The SMILES string of the molecule is CCOc1cccc2c1OCCOCCN(C(=O)CCCc1ccncc1)C[C@@H]1CCCN1C2. The van der Waals surface area contributed by atoms with E-state index in [9.17, 15) is 4.79 Å². The molecule has 0 unspecified atom stereocenters. The van der Waals surface area contributed by atoms with Gasteiger partial charge in [-0.2, -0.15) is 0 Å². The number of para-hydroxylation sites is 1. The summed E-state index contributed by atoms with van der Waals surface area (Å²) in [5.74, 6) is 1.83. The van der Waals surface area contributed by atoms with E-state index in [-0.39, 0.29) is 5.91 Å². The fourth-order valence-electron chi connectivity index (χ4n) is 4.85. The zero-order valence-electron chi connectivity index (χ0n) is 20.3. The van der Waals surface area contributed by atoms with Gasteiger partial charge in [-0.1, -0.05) is 12.1 Å². The molecule has 1 aromatic carbocycles. The van der Waals surface area contributed by atoms with Crippen LogP contribution in [-0.4, -0.2) is 72.8 Å². The lowest BCUT2D eigenvalue weighted by Crippen LogP contribution is -2.44. The van der Waals surface area contributed by atoms with E-state index in [1.54, 1.807) is 12.4 Å². The lowest BCUT2D eigenvalue weighted by Gasteiger charge is -2.31. The molecule has 7 nitrogen and oxygen atoms in total. The van der Waals surface area contributed by atoms with E-state index in [0.29, 0.717) is 45.4 Å². The van der Waals surface area contributed by atoms with Gasteiger partial charge in [0, 0.05) is 50.1 Å². The Balaban J connectivity index is 1.43. The van der Waals surface area contributed by atoms with Gasteiger partial charge < -0.3 is 19.1 Å². The van der Waals surface area contributed by atoms with Crippen molar-refractivity contribution in [1.82, 2.24) is 14.8 Å². The van der Waals surface area contributed by atoms with Gasteiger partial charge in [-0.25, -0.2) is 0 Å². The molecule has 4 rings (SSSR count). The number of ether oxygens (including phenoxy) is 3. The number of pyridine rings is 1. The number of fused-ring (bicyclic) bond motifs is 2. The molecule has 0 aliphatic carbocycles. The molecule has 184 valence electrons. The molecule has 1 amide bonds. The summed E-state index contributed by atoms with van der Waals surface area (Å²) in [4.78, 5) is 21.8. The van der Waals surface area contributed by atoms with E-state index < -0.39 is 0 Å². The van der Waals surface area contributed by atoms with Crippen molar-refractivity contribution in [2.75, 3.05) is 46.1 Å². The van der Waals surface area contributed by atoms with E-state index in [1.165, 1.54) is 5.56 Å². The monoisotopic (exact) mass is 467 g/mol. The third-order valence-corrected chi connectivity index (χ3v) is 6.60. The number of benzene rings is 1. The van der Waals surface area contributed by atoms with Crippen molar-refractivity contribution in [3.63, 3.8) is 0 Å². The Labute approximate surface area is 203 Å². The average Bonchev–Trinajstić information content (AvgIpc) is 3.28. The number of hydrogen-bond donors (Lipinski definition) is 0. The van der Waals surface area contributed by atoms with E-state index in [1.807, 2.05) is 36.1 Å². The van der Waals surface area contributed by atoms with Gasteiger partial charge in [0.25, 0.3) is 0 Å². The summed E-state index contributed by atoms with van der Waals surface area (Å²) in [7, 11) is 0. The predicted octanol–water partition coefficient (Wildman–Crippen LogP) is 3.71. The summed E-state index contributed by atoms with van der Waals surface area (Å²) in [6.45, 7) is 7.25. The number of amides is 1. The van der Waals surface area contributed by atoms with Crippen LogP contribution in [0.3, 0.4) is 0 Å². The van der Waals surface area contributed by atoms with Gasteiger partial charge in [-0.15, -0.1) is 0 Å². The summed E-state index contributed by atoms with van der Waals surface area (Å²) in [6.07, 6.45) is 8.15. The molecule has 0 spiro atoms. The molecule has 2 aromatic rings. The standard InChI is InChI=1S/C27H37N3O4/c1-2-33-25-9-4-7-23-20-29-15-5-8-24(29)21-30(16-17-32-18-19-34-27(23)25)26(31)10-3-6-22-11-13-28-14-12-22/h4,7,9,11-14,24H,2-3,5-6,8,10,15-21H2,1H3/t24-/m0/s1. The van der Waals surface area contributed by atoms with Crippen LogP contribution in [0.4, 0.5) is 0 Å². The molecule has 0 N–H and O–H groups in total. The molecule has 7 heteroatoms. The zero-order chi connectivity index (χ0) is 23.6. The zero-order valence-corrected chi connectivity index (χ0v) is 20.3. The first-order chi connectivity index (χ1) is 16.7. The van der Waals surface area contributed by atoms with E-state index in [2.05, 4.69) is 16.0 Å². The summed E-state index contributed by atoms with van der Waals surface area (Å²) in [5, 5.41) is 0. The molecule has 34 heavy (non-hydrogen) atoms. The highest BCUT2D eigenvalue weighted by Crippen LogP contribution is 2.34. The Bertz CT molecular complexity index is 908. The van der Waals surface area contributed by atoms with Gasteiger partial charge in [-0.3, -0.25) is 14.7 Å². The number of nitrogens with zero attached hydrogens (tertiary/aromatic N) is 3. The average molecular weight is 468 g/mol.